The molecule has 0 aromatic carbocycles. The summed E-state index contributed by atoms with van der Waals surface area (Å²) < 4.78 is 32.8. The van der Waals surface area contributed by atoms with Crippen LogP contribution in [0.1, 0.15) is 239 Å². The van der Waals surface area contributed by atoms with E-state index in [2.05, 4.69) is 79.1 Å². The van der Waals surface area contributed by atoms with Crippen LogP contribution >= 0.6 is 7.82 Å². The lowest BCUT2D eigenvalue weighted by Gasteiger charge is -2.20. The molecule has 0 aliphatic carbocycles. The number of hydrogen-bond donors (Lipinski definition) is 3. The van der Waals surface area contributed by atoms with Crippen LogP contribution in [0.5, 0.6) is 0 Å². The van der Waals surface area contributed by atoms with Crippen LogP contribution in [-0.2, 0) is 37.5 Å². The molecule has 3 atom stereocenters. The molecule has 0 amide bonds. The van der Waals surface area contributed by atoms with Gasteiger partial charge in [0.25, 0.3) is 0 Å². The molecule has 0 radical (unpaired) electrons. The number of carboxylic acids is 1. The summed E-state index contributed by atoms with van der Waals surface area (Å²) in [6.07, 6.45) is 60.1. The monoisotopic (exact) mass is 964 g/mol. The Kier molecular flexibility index (Phi) is 47.5. The van der Waals surface area contributed by atoms with Crippen molar-refractivity contribution in [3.8, 4) is 0 Å². The van der Waals surface area contributed by atoms with E-state index in [1.165, 1.54) is 128 Å². The molecule has 0 heterocycles. The molecule has 0 fully saturated rings. The molecule has 0 aromatic rings. The fraction of sp³-hybridized carbons (Fsp3) is 0.764. The zero-order valence-corrected chi connectivity index (χ0v) is 43.4. The van der Waals surface area contributed by atoms with Crippen molar-refractivity contribution < 1.29 is 47.5 Å². The van der Waals surface area contributed by atoms with E-state index in [-0.39, 0.29) is 19.4 Å². The number of rotatable bonds is 50. The molecule has 0 spiro atoms. The minimum atomic E-state index is -4.73. The van der Waals surface area contributed by atoms with E-state index < -0.39 is 51.1 Å². The highest BCUT2D eigenvalue weighted by atomic mass is 31.2. The van der Waals surface area contributed by atoms with Crippen molar-refractivity contribution in [1.29, 1.82) is 0 Å². The van der Waals surface area contributed by atoms with E-state index in [1.54, 1.807) is 0 Å². The van der Waals surface area contributed by atoms with Gasteiger partial charge in [0.15, 0.2) is 6.10 Å². The maximum Gasteiger partial charge on any atom is 0.472 e. The van der Waals surface area contributed by atoms with Gasteiger partial charge in [-0.1, -0.05) is 229 Å². The van der Waals surface area contributed by atoms with Crippen LogP contribution in [0.2, 0.25) is 0 Å². The normalized spacial score (nSPS) is 14.0. The highest BCUT2D eigenvalue weighted by molar-refractivity contribution is 7.47. The Morgan fingerprint density at radius 1 is 0.478 bits per heavy atom. The molecular weight excluding hydrogens is 866 g/mol. The Morgan fingerprint density at radius 3 is 1.25 bits per heavy atom. The lowest BCUT2D eigenvalue weighted by Crippen LogP contribution is -2.34. The van der Waals surface area contributed by atoms with Crippen molar-refractivity contribution in [2.75, 3.05) is 19.8 Å². The van der Waals surface area contributed by atoms with Gasteiger partial charge >= 0.3 is 25.7 Å². The van der Waals surface area contributed by atoms with Crippen molar-refractivity contribution in [3.63, 3.8) is 0 Å². The SMILES string of the molecule is CC/C=C\C/C=C\C/C=C\C/C=C\C/C=C\CCCCCC(=O)OC(COC(=O)CCCCCCCCCCCCCCCCCCCCCCCCCC)COP(=O)(O)OCC(N)C(=O)O. The quantitative estimate of drug-likeness (QED) is 0.0229. The Morgan fingerprint density at radius 2 is 0.836 bits per heavy atom. The number of esters is 2. The highest BCUT2D eigenvalue weighted by Gasteiger charge is 2.28. The van der Waals surface area contributed by atoms with Gasteiger partial charge in [0.1, 0.15) is 12.6 Å². The second kappa shape index (κ2) is 49.6. The molecule has 11 nitrogen and oxygen atoms in total. The summed E-state index contributed by atoms with van der Waals surface area (Å²) in [7, 11) is -4.73. The van der Waals surface area contributed by atoms with Gasteiger partial charge in [-0.2, -0.15) is 0 Å². The van der Waals surface area contributed by atoms with Crippen LogP contribution in [0.3, 0.4) is 0 Å². The topological polar surface area (TPSA) is 172 Å². The molecule has 0 aromatic heterocycles. The van der Waals surface area contributed by atoms with Crippen LogP contribution < -0.4 is 5.73 Å². The molecule has 12 heteroatoms. The van der Waals surface area contributed by atoms with Gasteiger partial charge in [0.2, 0.25) is 0 Å². The average Bonchev–Trinajstić information content (AvgIpc) is 3.31. The van der Waals surface area contributed by atoms with Crippen molar-refractivity contribution >= 4 is 25.7 Å². The highest BCUT2D eigenvalue weighted by Crippen LogP contribution is 2.43. The first-order valence-corrected chi connectivity index (χ1v) is 28.3. The fourth-order valence-electron chi connectivity index (χ4n) is 7.39. The summed E-state index contributed by atoms with van der Waals surface area (Å²) in [5.41, 5.74) is 5.35. The van der Waals surface area contributed by atoms with Crippen molar-refractivity contribution in [2.45, 2.75) is 251 Å². The molecular formula is C55H98NO10P. The molecule has 67 heavy (non-hydrogen) atoms. The van der Waals surface area contributed by atoms with Gasteiger partial charge in [0.05, 0.1) is 13.2 Å². The predicted octanol–water partition coefficient (Wildman–Crippen LogP) is 15.5. The third-order valence-corrected chi connectivity index (χ3v) is 12.5. The zero-order chi connectivity index (χ0) is 49.2. The van der Waals surface area contributed by atoms with Gasteiger partial charge in [0, 0.05) is 12.8 Å². The molecule has 0 rings (SSSR count). The number of allylic oxidation sites excluding steroid dienone is 10. The first-order valence-electron chi connectivity index (χ1n) is 26.8. The van der Waals surface area contributed by atoms with E-state index in [4.69, 9.17) is 24.8 Å². The van der Waals surface area contributed by atoms with Crippen LogP contribution in [-0.4, -0.2) is 59.9 Å². The van der Waals surface area contributed by atoms with Gasteiger partial charge in [-0.15, -0.1) is 0 Å². The van der Waals surface area contributed by atoms with Crippen molar-refractivity contribution in [1.82, 2.24) is 0 Å². The fourth-order valence-corrected chi connectivity index (χ4v) is 8.17. The van der Waals surface area contributed by atoms with Crippen molar-refractivity contribution in [2.24, 2.45) is 5.73 Å². The summed E-state index contributed by atoms with van der Waals surface area (Å²) in [4.78, 5) is 46.2. The number of unbranched alkanes of at least 4 members (excludes halogenated alkanes) is 26. The molecule has 0 saturated carbocycles. The predicted molar refractivity (Wildman–Crippen MR) is 277 cm³/mol. The summed E-state index contributed by atoms with van der Waals surface area (Å²) in [6, 6.07) is -1.53. The Balaban J connectivity index is 4.23. The Bertz CT molecular complexity index is 1360. The first-order chi connectivity index (χ1) is 32.6. The second-order valence-corrected chi connectivity index (χ2v) is 19.4. The molecule has 0 aliphatic heterocycles. The lowest BCUT2D eigenvalue weighted by atomic mass is 10.0. The number of hydrogen-bond acceptors (Lipinski definition) is 9. The smallest absolute Gasteiger partial charge is 0.472 e. The van der Waals surface area contributed by atoms with Gasteiger partial charge in [-0.25, -0.2) is 4.57 Å². The Labute approximate surface area is 408 Å². The zero-order valence-electron chi connectivity index (χ0n) is 42.5. The molecule has 4 N–H and O–H groups in total. The van der Waals surface area contributed by atoms with E-state index in [1.807, 2.05) is 0 Å². The number of carbonyl (C=O) groups is 3. The van der Waals surface area contributed by atoms with E-state index in [0.717, 1.165) is 70.6 Å². The van der Waals surface area contributed by atoms with Crippen LogP contribution in [0.4, 0.5) is 0 Å². The number of phosphoric ester groups is 1. The summed E-state index contributed by atoms with van der Waals surface area (Å²) in [5.74, 6) is -2.41. The maximum absolute atomic E-state index is 12.7. The number of nitrogens with two attached hydrogens (primary N) is 1. The number of carboxylic acid groups (broad SMARTS) is 1. The number of phosphoric acid groups is 1. The molecule has 3 unspecified atom stereocenters. The van der Waals surface area contributed by atoms with E-state index in [0.29, 0.717) is 12.8 Å². The van der Waals surface area contributed by atoms with Gasteiger partial charge < -0.3 is 25.2 Å². The van der Waals surface area contributed by atoms with Crippen molar-refractivity contribution in [3.05, 3.63) is 60.8 Å². The molecule has 0 aliphatic rings. The van der Waals surface area contributed by atoms with Gasteiger partial charge in [-0.3, -0.25) is 23.4 Å². The molecule has 0 bridgehead atoms. The molecule has 388 valence electrons. The number of carbonyl (C=O) groups excluding carboxylic acids is 2. The third-order valence-electron chi connectivity index (χ3n) is 11.5. The van der Waals surface area contributed by atoms with E-state index >= 15 is 0 Å². The average molecular weight is 964 g/mol. The maximum atomic E-state index is 12.7. The van der Waals surface area contributed by atoms with Gasteiger partial charge in [-0.05, 0) is 57.8 Å². The number of aliphatic carboxylic acids is 1. The first kappa shape index (κ1) is 64.2. The van der Waals surface area contributed by atoms with Crippen LogP contribution in [0.25, 0.3) is 0 Å². The van der Waals surface area contributed by atoms with E-state index in [9.17, 15) is 23.8 Å². The van der Waals surface area contributed by atoms with Crippen LogP contribution in [0, 0.1) is 0 Å². The summed E-state index contributed by atoms with van der Waals surface area (Å²) >= 11 is 0. The number of ether oxygens (including phenoxy) is 2. The van der Waals surface area contributed by atoms with Crippen LogP contribution in [0.15, 0.2) is 60.8 Å². The minimum Gasteiger partial charge on any atom is -0.480 e. The lowest BCUT2D eigenvalue weighted by molar-refractivity contribution is -0.161. The third kappa shape index (κ3) is 49.4. The Hall–Kier alpha value is -2.82. The largest absolute Gasteiger partial charge is 0.480 e. The minimum absolute atomic E-state index is 0.121. The second-order valence-electron chi connectivity index (χ2n) is 18.0. The summed E-state index contributed by atoms with van der Waals surface area (Å²) in [5, 5.41) is 8.93. The summed E-state index contributed by atoms with van der Waals surface area (Å²) in [6.45, 7) is 2.69. The standard InChI is InChI=1S/C55H98NO10P/c1-3-5-7-9-11-13-15-17-19-21-23-24-25-26-27-29-30-32-34-36-38-40-42-44-46-53(57)63-48-51(49-64-67(61,62)65-50-52(56)55(59)60)66-54(58)47-45-43-41-39-37-35-33-31-28-22-20-18-16-14-12-10-8-6-4-2/h6,8,12,14,18,20,28,31,35,37,51-52H,3-5,7,9-11,13,15-17,19,21-27,29-30,32-34,36,38-50,56H2,1-2H3,(H,59,60)(H,61,62)/b8-6-,14-12-,20-18-,31-28-,37-35-. The molecule has 0 saturated heterocycles.